The Morgan fingerprint density at radius 1 is 1.20 bits per heavy atom. The number of ether oxygens (including phenoxy) is 1. The molecule has 20 heavy (non-hydrogen) atoms. The van der Waals surface area contributed by atoms with Crippen LogP contribution >= 0.6 is 11.6 Å². The van der Waals surface area contributed by atoms with Gasteiger partial charge in [0, 0.05) is 5.56 Å². The zero-order valence-corrected chi connectivity index (χ0v) is 11.3. The molecule has 0 aliphatic rings. The van der Waals surface area contributed by atoms with E-state index in [1.807, 2.05) is 6.07 Å². The van der Waals surface area contributed by atoms with E-state index >= 15 is 0 Å². The maximum atomic E-state index is 13.4. The second kappa shape index (κ2) is 6.95. The van der Waals surface area contributed by atoms with Crippen molar-refractivity contribution in [2.75, 3.05) is 6.61 Å². The second-order valence-corrected chi connectivity index (χ2v) is 4.43. The Bertz CT molecular complexity index is 659. The van der Waals surface area contributed by atoms with E-state index in [1.54, 1.807) is 24.3 Å². The number of halogens is 2. The van der Waals surface area contributed by atoms with Crippen LogP contribution in [0.2, 0.25) is 5.02 Å². The van der Waals surface area contributed by atoms with E-state index in [1.165, 1.54) is 12.1 Å². The number of benzene rings is 2. The summed E-state index contributed by atoms with van der Waals surface area (Å²) in [5.74, 6) is 5.29. The van der Waals surface area contributed by atoms with Gasteiger partial charge in [0.25, 0.3) is 0 Å². The van der Waals surface area contributed by atoms with Crippen LogP contribution in [0.1, 0.15) is 11.1 Å². The highest BCUT2D eigenvalue weighted by atomic mass is 35.5. The van der Waals surface area contributed by atoms with E-state index in [-0.39, 0.29) is 13.2 Å². The Balaban J connectivity index is 2.13. The summed E-state index contributed by atoms with van der Waals surface area (Å²) in [4.78, 5) is 0. The Labute approximate surface area is 121 Å². The van der Waals surface area contributed by atoms with Gasteiger partial charge in [-0.25, -0.2) is 4.39 Å². The molecule has 0 atom stereocenters. The van der Waals surface area contributed by atoms with E-state index in [0.29, 0.717) is 21.9 Å². The fourth-order valence-corrected chi connectivity index (χ4v) is 1.86. The molecule has 0 aliphatic heterocycles. The Hall–Kier alpha value is -2.02. The monoisotopic (exact) mass is 290 g/mol. The minimum atomic E-state index is -0.396. The van der Waals surface area contributed by atoms with Crippen LogP contribution in [0, 0.1) is 17.7 Å². The minimum absolute atomic E-state index is 0.190. The predicted molar refractivity (Wildman–Crippen MR) is 76.1 cm³/mol. The zero-order valence-electron chi connectivity index (χ0n) is 10.6. The molecule has 0 unspecified atom stereocenters. The van der Waals surface area contributed by atoms with Gasteiger partial charge in [0.1, 0.15) is 24.8 Å². The fourth-order valence-electron chi connectivity index (χ4n) is 1.67. The van der Waals surface area contributed by atoms with Crippen LogP contribution in [0.25, 0.3) is 0 Å². The molecule has 2 nitrogen and oxygen atoms in total. The zero-order chi connectivity index (χ0) is 14.4. The molecule has 0 heterocycles. The van der Waals surface area contributed by atoms with Gasteiger partial charge in [0.15, 0.2) is 0 Å². The average Bonchev–Trinajstić information content (AvgIpc) is 2.44. The van der Waals surface area contributed by atoms with Gasteiger partial charge < -0.3 is 9.84 Å². The van der Waals surface area contributed by atoms with E-state index in [9.17, 15) is 4.39 Å². The molecule has 2 rings (SSSR count). The summed E-state index contributed by atoms with van der Waals surface area (Å²) in [7, 11) is 0. The van der Waals surface area contributed by atoms with Crippen molar-refractivity contribution < 1.29 is 14.2 Å². The number of aliphatic hydroxyl groups is 1. The summed E-state index contributed by atoms with van der Waals surface area (Å²) in [5.41, 5.74) is 1.14. The first-order valence-electron chi connectivity index (χ1n) is 5.95. The molecule has 2 aromatic rings. The average molecular weight is 291 g/mol. The molecule has 0 radical (unpaired) electrons. The molecule has 0 saturated heterocycles. The van der Waals surface area contributed by atoms with Gasteiger partial charge in [0.2, 0.25) is 0 Å². The summed E-state index contributed by atoms with van der Waals surface area (Å²) in [6.45, 7) is -0.0722. The molecular formula is C16H12ClFO2. The smallest absolute Gasteiger partial charge is 0.138 e. The van der Waals surface area contributed by atoms with Gasteiger partial charge in [-0.05, 0) is 35.9 Å². The fraction of sp³-hybridized carbons (Fsp3) is 0.125. The molecule has 2 aromatic carbocycles. The highest BCUT2D eigenvalue weighted by molar-refractivity contribution is 6.32. The second-order valence-electron chi connectivity index (χ2n) is 4.03. The maximum absolute atomic E-state index is 13.4. The third kappa shape index (κ3) is 3.99. The summed E-state index contributed by atoms with van der Waals surface area (Å²) in [6.07, 6.45) is 0. The third-order valence-electron chi connectivity index (χ3n) is 2.50. The minimum Gasteiger partial charge on any atom is -0.487 e. The van der Waals surface area contributed by atoms with Gasteiger partial charge >= 0.3 is 0 Å². The molecule has 0 bridgehead atoms. The van der Waals surface area contributed by atoms with E-state index < -0.39 is 5.82 Å². The first-order valence-corrected chi connectivity index (χ1v) is 6.33. The standard InChI is InChI=1S/C16H12ClFO2/c17-15-5-1-2-6-16(15)20-11-13-8-12(4-3-7-19)9-14(18)10-13/h1-2,5-6,8-10,19H,7,11H2. The molecule has 4 heteroatoms. The van der Waals surface area contributed by atoms with Gasteiger partial charge in [-0.2, -0.15) is 0 Å². The van der Waals surface area contributed by atoms with Gasteiger partial charge in [-0.1, -0.05) is 35.6 Å². The molecule has 0 aromatic heterocycles. The van der Waals surface area contributed by atoms with Crippen LogP contribution in [0.5, 0.6) is 5.75 Å². The topological polar surface area (TPSA) is 29.5 Å². The summed E-state index contributed by atoms with van der Waals surface area (Å²) in [5, 5.41) is 9.15. The molecule has 0 aliphatic carbocycles. The molecule has 0 amide bonds. The Morgan fingerprint density at radius 2 is 2.00 bits per heavy atom. The van der Waals surface area contributed by atoms with Crippen molar-refractivity contribution in [3.8, 4) is 17.6 Å². The van der Waals surface area contributed by atoms with E-state index in [4.69, 9.17) is 21.4 Å². The quantitative estimate of drug-likeness (QED) is 0.878. The van der Waals surface area contributed by atoms with Crippen molar-refractivity contribution in [3.05, 3.63) is 64.4 Å². The number of aliphatic hydroxyl groups excluding tert-OH is 1. The molecule has 102 valence electrons. The lowest BCUT2D eigenvalue weighted by Gasteiger charge is -2.08. The molecular weight excluding hydrogens is 279 g/mol. The van der Waals surface area contributed by atoms with E-state index in [2.05, 4.69) is 11.8 Å². The van der Waals surface area contributed by atoms with Crippen molar-refractivity contribution >= 4 is 11.6 Å². The van der Waals surface area contributed by atoms with Crippen molar-refractivity contribution in [1.29, 1.82) is 0 Å². The Morgan fingerprint density at radius 3 is 2.75 bits per heavy atom. The number of rotatable bonds is 3. The lowest BCUT2D eigenvalue weighted by Crippen LogP contribution is -1.97. The van der Waals surface area contributed by atoms with Crippen LogP contribution in [-0.4, -0.2) is 11.7 Å². The third-order valence-corrected chi connectivity index (χ3v) is 2.81. The van der Waals surface area contributed by atoms with Gasteiger partial charge in [-0.3, -0.25) is 0 Å². The van der Waals surface area contributed by atoms with Crippen LogP contribution in [0.4, 0.5) is 4.39 Å². The van der Waals surface area contributed by atoms with Crippen LogP contribution in [-0.2, 0) is 6.61 Å². The molecule has 0 saturated carbocycles. The highest BCUT2D eigenvalue weighted by Crippen LogP contribution is 2.24. The van der Waals surface area contributed by atoms with Crippen LogP contribution in [0.15, 0.2) is 42.5 Å². The number of hydrogen-bond donors (Lipinski definition) is 1. The van der Waals surface area contributed by atoms with Crippen molar-refractivity contribution in [2.45, 2.75) is 6.61 Å². The molecule has 0 fully saturated rings. The normalized spacial score (nSPS) is 9.75. The van der Waals surface area contributed by atoms with Gasteiger partial charge in [0.05, 0.1) is 5.02 Å². The number of para-hydroxylation sites is 1. The molecule has 1 N–H and O–H groups in total. The number of hydrogen-bond acceptors (Lipinski definition) is 2. The lowest BCUT2D eigenvalue weighted by molar-refractivity contribution is 0.305. The summed E-state index contributed by atoms with van der Waals surface area (Å²) < 4.78 is 19.0. The largest absolute Gasteiger partial charge is 0.487 e. The maximum Gasteiger partial charge on any atom is 0.138 e. The predicted octanol–water partition coefficient (Wildman–Crippen LogP) is 3.40. The SMILES string of the molecule is OCC#Cc1cc(F)cc(COc2ccccc2Cl)c1. The van der Waals surface area contributed by atoms with Crippen molar-refractivity contribution in [2.24, 2.45) is 0 Å². The lowest BCUT2D eigenvalue weighted by atomic mass is 10.1. The first kappa shape index (κ1) is 14.4. The van der Waals surface area contributed by atoms with Crippen molar-refractivity contribution in [3.63, 3.8) is 0 Å². The van der Waals surface area contributed by atoms with Gasteiger partial charge in [-0.15, -0.1) is 0 Å². The van der Waals surface area contributed by atoms with E-state index in [0.717, 1.165) is 0 Å². The summed E-state index contributed by atoms with van der Waals surface area (Å²) >= 11 is 5.97. The highest BCUT2D eigenvalue weighted by Gasteiger charge is 2.03. The first-order chi connectivity index (χ1) is 9.69. The molecule has 0 spiro atoms. The van der Waals surface area contributed by atoms with Crippen molar-refractivity contribution in [1.82, 2.24) is 0 Å². The van der Waals surface area contributed by atoms with Crippen LogP contribution in [0.3, 0.4) is 0 Å². The van der Waals surface area contributed by atoms with Crippen LogP contribution < -0.4 is 4.74 Å². The summed E-state index contributed by atoms with van der Waals surface area (Å²) in [6, 6.07) is 11.5. The Kier molecular flexibility index (Phi) is 5.00.